The largest absolute Gasteiger partial charge is 0.339 e. The van der Waals surface area contributed by atoms with Gasteiger partial charge in [0.2, 0.25) is 40.5 Å². The van der Waals surface area contributed by atoms with E-state index in [4.69, 9.17) is 24.9 Å². The molecule has 0 amide bonds. The van der Waals surface area contributed by atoms with Gasteiger partial charge in [-0.05, 0) is 24.1 Å². The number of aromatic nitrogens is 7. The van der Waals surface area contributed by atoms with Crippen molar-refractivity contribution >= 4 is 97.6 Å². The number of nitrogens with zero attached hydrogens (tertiary/aromatic N) is 5. The molecule has 0 saturated carbocycles. The lowest BCUT2D eigenvalue weighted by molar-refractivity contribution is -0.138. The van der Waals surface area contributed by atoms with Crippen LogP contribution in [0.1, 0.15) is 79.4 Å². The molecule has 6 unspecified atom stereocenters. The minimum Gasteiger partial charge on any atom is -0.339 e. The Morgan fingerprint density at radius 2 is 1.37 bits per heavy atom. The first-order chi connectivity index (χ1) is 28.2. The third-order valence-electron chi connectivity index (χ3n) is 11.5. The van der Waals surface area contributed by atoms with Gasteiger partial charge >= 0.3 is 0 Å². The Balaban J connectivity index is 1.42. The van der Waals surface area contributed by atoms with Crippen LogP contribution < -0.4 is 0 Å². The van der Waals surface area contributed by atoms with E-state index in [-0.39, 0.29) is 74.5 Å². The first-order valence-electron chi connectivity index (χ1n) is 19.0. The minimum atomic E-state index is -1.13. The summed E-state index contributed by atoms with van der Waals surface area (Å²) in [5.41, 5.74) is 2.55. The summed E-state index contributed by atoms with van der Waals surface area (Å²) in [5.74, 6) is -10.6. The van der Waals surface area contributed by atoms with E-state index in [9.17, 15) is 38.4 Å². The molecule has 0 spiro atoms. The summed E-state index contributed by atoms with van der Waals surface area (Å²) in [6.45, 7) is 10.9. The van der Waals surface area contributed by atoms with Gasteiger partial charge in [0.15, 0.2) is 23.8 Å². The molecule has 5 aliphatic carbocycles. The second-order valence-corrected chi connectivity index (χ2v) is 15.6. The maximum atomic E-state index is 13.6. The van der Waals surface area contributed by atoms with Crippen molar-refractivity contribution in [3.8, 4) is 0 Å². The number of hydrogen-bond donors (Lipinski definition) is 2. The zero-order valence-corrected chi connectivity index (χ0v) is 32.0. The molecule has 15 nitrogen and oxygen atoms in total. The number of aromatic amines is 2. The van der Waals surface area contributed by atoms with Crippen molar-refractivity contribution in [2.24, 2.45) is 29.6 Å². The van der Waals surface area contributed by atoms with Crippen molar-refractivity contribution < 1.29 is 38.4 Å². The molecule has 15 heteroatoms. The van der Waals surface area contributed by atoms with Gasteiger partial charge in [-0.15, -0.1) is 0 Å². The normalized spacial score (nSPS) is 24.1. The number of fused-ring (bicyclic) bond motifs is 12. The van der Waals surface area contributed by atoms with Gasteiger partial charge in [-0.1, -0.05) is 70.7 Å². The highest BCUT2D eigenvalue weighted by molar-refractivity contribution is 6.57. The van der Waals surface area contributed by atoms with Crippen LogP contribution in [0.5, 0.6) is 0 Å². The Kier molecular flexibility index (Phi) is 8.47. The number of ketones is 7. The average Bonchev–Trinajstić information content (AvgIpc) is 3.98. The quantitative estimate of drug-likeness (QED) is 0.155. The van der Waals surface area contributed by atoms with E-state index in [0.717, 1.165) is 0 Å². The van der Waals surface area contributed by atoms with Gasteiger partial charge < -0.3 is 9.97 Å². The molecule has 3 aromatic rings. The molecule has 5 heterocycles. The smallest absolute Gasteiger partial charge is 0.229 e. The molecule has 292 valence electrons. The number of nitrogens with one attached hydrogen (secondary N) is 2. The van der Waals surface area contributed by atoms with Crippen molar-refractivity contribution in [1.29, 1.82) is 0 Å². The SMILES string of the molecule is C=C1C(=O)C(=O)C(C)c2c1c1cc3nc(nc4[nH]c(cc4C4C=CC(C)C(=O)C4=O)nc4nc(nc2[nH]1)C1=C4C2C=CC1C(=O)C2=O)C(C(/C=C\C(C)C)C(=O)C=O)=C3. The van der Waals surface area contributed by atoms with E-state index >= 15 is 0 Å². The molecule has 2 aliphatic heterocycles. The number of aldehydes is 1. The van der Waals surface area contributed by atoms with Crippen molar-refractivity contribution in [3.63, 3.8) is 0 Å². The number of Topliss-reactive ketones (excluding diaryl/α,β-unsaturated/α-hetero) is 7. The summed E-state index contributed by atoms with van der Waals surface area (Å²) in [4.78, 5) is 135. The Morgan fingerprint density at radius 1 is 0.729 bits per heavy atom. The molecule has 0 saturated heterocycles. The third kappa shape index (κ3) is 5.67. The van der Waals surface area contributed by atoms with Crippen LogP contribution in [-0.4, -0.2) is 81.7 Å². The van der Waals surface area contributed by atoms with E-state index in [1.165, 1.54) is 6.07 Å². The van der Waals surface area contributed by atoms with Crippen LogP contribution in [0, 0.1) is 29.6 Å². The van der Waals surface area contributed by atoms with Crippen molar-refractivity contribution in [2.45, 2.75) is 39.5 Å². The van der Waals surface area contributed by atoms with E-state index < -0.39 is 76.0 Å². The summed E-state index contributed by atoms with van der Waals surface area (Å²) in [6, 6.07) is 3.10. The minimum absolute atomic E-state index is 0.000116. The summed E-state index contributed by atoms with van der Waals surface area (Å²) in [5, 5.41) is 0. The maximum absolute atomic E-state index is 13.6. The van der Waals surface area contributed by atoms with Crippen LogP contribution in [0.4, 0.5) is 0 Å². The summed E-state index contributed by atoms with van der Waals surface area (Å²) >= 11 is 0. The van der Waals surface area contributed by atoms with Crippen LogP contribution in [0.25, 0.3) is 50.8 Å². The number of H-pyrrole nitrogens is 2. The highest BCUT2D eigenvalue weighted by atomic mass is 16.2. The fourth-order valence-corrected chi connectivity index (χ4v) is 8.44. The number of hydrogen-bond acceptors (Lipinski definition) is 13. The highest BCUT2D eigenvalue weighted by Gasteiger charge is 2.49. The van der Waals surface area contributed by atoms with Crippen LogP contribution in [0.3, 0.4) is 0 Å². The Hall–Kier alpha value is -7.29. The molecule has 10 rings (SSSR count). The van der Waals surface area contributed by atoms with Crippen molar-refractivity contribution in [3.05, 3.63) is 95.0 Å². The Labute approximate surface area is 334 Å². The van der Waals surface area contributed by atoms with Gasteiger partial charge in [0.05, 0.1) is 40.8 Å². The Morgan fingerprint density at radius 3 is 2.05 bits per heavy atom. The average molecular weight is 788 g/mol. The molecule has 7 aliphatic rings. The van der Waals surface area contributed by atoms with Gasteiger partial charge in [-0.3, -0.25) is 38.4 Å². The number of allylic oxidation sites excluding steroid dienone is 10. The zero-order chi connectivity index (χ0) is 41.8. The Bertz CT molecular complexity index is 2950. The van der Waals surface area contributed by atoms with E-state index in [1.54, 1.807) is 62.4 Å². The maximum Gasteiger partial charge on any atom is 0.229 e. The molecule has 3 aromatic heterocycles. The third-order valence-corrected chi connectivity index (χ3v) is 11.5. The van der Waals surface area contributed by atoms with E-state index in [1.807, 2.05) is 13.8 Å². The number of carbonyl (C=O) groups excluding carboxylic acids is 8. The van der Waals surface area contributed by atoms with Crippen LogP contribution in [0.2, 0.25) is 0 Å². The standard InChI is InChI=1S/C44H33N7O8/c1-16(2)6-8-21(28(53)15-52)25-12-20-13-27-30-18(4)35(55)36(56)19(5)31(30)42(46-27)50-44-33-24-11-10-23(38(58)39(24)59)32(33)43(51-44)48-29-14-26(41(47-29)49-40(25)45-20)22-9-7-17(3)34(54)37(22)57/h6-17,19,21-24H,4H2,1-3,5H3,(H2,45,46,47,48,49,50,51)/b8-6-. The molecular formula is C44H33N7O8. The first-order valence-corrected chi connectivity index (χ1v) is 19.0. The predicted octanol–water partition coefficient (Wildman–Crippen LogP) is 4.20. The lowest BCUT2D eigenvalue weighted by atomic mass is 9.70. The second kappa shape index (κ2) is 13.4. The number of carbonyl (C=O) groups is 8. The molecule has 0 radical (unpaired) electrons. The molecule has 59 heavy (non-hydrogen) atoms. The molecule has 0 fully saturated rings. The van der Waals surface area contributed by atoms with E-state index in [0.29, 0.717) is 22.3 Å². The van der Waals surface area contributed by atoms with Gasteiger partial charge in [0, 0.05) is 44.9 Å². The summed E-state index contributed by atoms with van der Waals surface area (Å²) in [7, 11) is 0. The van der Waals surface area contributed by atoms with Crippen LogP contribution in [0.15, 0.2) is 55.2 Å². The van der Waals surface area contributed by atoms with Gasteiger partial charge in [-0.2, -0.15) is 0 Å². The fourth-order valence-electron chi connectivity index (χ4n) is 8.44. The molecule has 0 aromatic carbocycles. The highest BCUT2D eigenvalue weighted by Crippen LogP contribution is 2.48. The monoisotopic (exact) mass is 787 g/mol. The molecule has 2 N–H and O–H groups in total. The molecule has 10 bridgehead atoms. The van der Waals surface area contributed by atoms with Crippen LogP contribution in [-0.2, 0) is 38.4 Å². The lowest BCUT2D eigenvalue weighted by Crippen LogP contribution is -2.38. The lowest BCUT2D eigenvalue weighted by Gasteiger charge is -2.29. The zero-order valence-electron chi connectivity index (χ0n) is 32.0. The summed E-state index contributed by atoms with van der Waals surface area (Å²) in [6.07, 6.45) is 11.6. The fraction of sp³-hybridized carbons (Fsp3) is 0.250. The first kappa shape index (κ1) is 37.3. The number of rotatable bonds is 6. The van der Waals surface area contributed by atoms with Crippen molar-refractivity contribution in [1.82, 2.24) is 34.9 Å². The predicted molar refractivity (Wildman–Crippen MR) is 212 cm³/mol. The van der Waals surface area contributed by atoms with Crippen molar-refractivity contribution in [2.75, 3.05) is 0 Å². The van der Waals surface area contributed by atoms with Crippen LogP contribution >= 0.6 is 0 Å². The second-order valence-electron chi connectivity index (χ2n) is 15.6. The van der Waals surface area contributed by atoms with Gasteiger partial charge in [0.25, 0.3) is 0 Å². The molecule has 6 atom stereocenters. The topological polar surface area (TPSA) is 233 Å². The van der Waals surface area contributed by atoms with Gasteiger partial charge in [0.1, 0.15) is 16.9 Å². The van der Waals surface area contributed by atoms with E-state index in [2.05, 4.69) is 16.5 Å². The summed E-state index contributed by atoms with van der Waals surface area (Å²) < 4.78 is 0. The molecular weight excluding hydrogens is 755 g/mol. The van der Waals surface area contributed by atoms with Gasteiger partial charge in [-0.25, -0.2) is 24.9 Å².